The quantitative estimate of drug-likeness (QED) is 0.256. The Balaban J connectivity index is 0.00000272. The average molecular weight is 538 g/mol. The lowest BCUT2D eigenvalue weighted by atomic mass is 9.88. The predicted molar refractivity (Wildman–Crippen MR) is 136 cm³/mol. The summed E-state index contributed by atoms with van der Waals surface area (Å²) < 4.78 is 2.19. The van der Waals surface area contributed by atoms with Gasteiger partial charge >= 0.3 is 0 Å². The Bertz CT molecular complexity index is 876. The number of hydrogen-bond acceptors (Lipinski definition) is 3. The summed E-state index contributed by atoms with van der Waals surface area (Å²) in [5.41, 5.74) is 2.21. The molecule has 1 saturated carbocycles. The first kappa shape index (κ1) is 23.8. The number of benzene rings is 1. The van der Waals surface area contributed by atoms with Crippen molar-refractivity contribution in [2.75, 3.05) is 26.7 Å². The van der Waals surface area contributed by atoms with Crippen molar-refractivity contribution in [1.29, 1.82) is 0 Å². The molecule has 31 heavy (non-hydrogen) atoms. The first-order chi connectivity index (χ1) is 14.7. The van der Waals surface area contributed by atoms with E-state index < -0.39 is 0 Å². The number of halogens is 1. The van der Waals surface area contributed by atoms with Crippen LogP contribution in [0, 0.1) is 5.92 Å². The van der Waals surface area contributed by atoms with Crippen LogP contribution in [0.3, 0.4) is 0 Å². The summed E-state index contributed by atoms with van der Waals surface area (Å²) in [4.78, 5) is 23.6. The minimum Gasteiger partial charge on any atom is -0.356 e. The van der Waals surface area contributed by atoms with E-state index in [9.17, 15) is 4.79 Å². The van der Waals surface area contributed by atoms with E-state index in [0.717, 1.165) is 63.3 Å². The maximum atomic E-state index is 12.8. The van der Waals surface area contributed by atoms with Crippen LogP contribution in [0.25, 0.3) is 11.0 Å². The molecule has 0 radical (unpaired) electrons. The van der Waals surface area contributed by atoms with Crippen LogP contribution in [0.5, 0.6) is 0 Å². The van der Waals surface area contributed by atoms with Crippen molar-refractivity contribution in [1.82, 2.24) is 25.1 Å². The lowest BCUT2D eigenvalue weighted by molar-refractivity contribution is -0.135. The number of para-hydroxylation sites is 2. The van der Waals surface area contributed by atoms with Crippen molar-refractivity contribution in [3.63, 3.8) is 0 Å². The third kappa shape index (κ3) is 6.11. The summed E-state index contributed by atoms with van der Waals surface area (Å²) in [6.07, 6.45) is 9.72. The number of rotatable bonds is 6. The normalized spacial score (nSPS) is 20.0. The van der Waals surface area contributed by atoms with Crippen LogP contribution in [-0.4, -0.2) is 59.0 Å². The average Bonchev–Trinajstić information content (AvgIpc) is 3.43. The summed E-state index contributed by atoms with van der Waals surface area (Å²) in [5.74, 6) is 1.45. The molecule has 2 fully saturated rings. The Kier molecular flexibility index (Phi) is 8.98. The molecule has 1 atom stereocenters. The molecule has 2 aliphatic rings. The van der Waals surface area contributed by atoms with Crippen LogP contribution in [0.15, 0.2) is 35.6 Å². The van der Waals surface area contributed by atoms with E-state index in [4.69, 9.17) is 0 Å². The van der Waals surface area contributed by atoms with Crippen LogP contribution in [0.4, 0.5) is 0 Å². The second-order valence-corrected chi connectivity index (χ2v) is 8.53. The third-order valence-corrected chi connectivity index (χ3v) is 6.41. The van der Waals surface area contributed by atoms with Gasteiger partial charge in [0.15, 0.2) is 5.96 Å². The molecule has 0 spiro atoms. The molecule has 7 nitrogen and oxygen atoms in total. The lowest BCUT2D eigenvalue weighted by Crippen LogP contribution is -2.45. The fraction of sp³-hybridized carbons (Fsp3) is 0.609. The molecule has 1 unspecified atom stereocenters. The number of carbonyl (C=O) groups excluding carboxylic acids is 1. The summed E-state index contributed by atoms with van der Waals surface area (Å²) in [6, 6.07) is 8.50. The van der Waals surface area contributed by atoms with Crippen LogP contribution in [-0.2, 0) is 11.3 Å². The molecule has 0 bridgehead atoms. The monoisotopic (exact) mass is 538 g/mol. The van der Waals surface area contributed by atoms with Gasteiger partial charge in [-0.15, -0.1) is 24.0 Å². The van der Waals surface area contributed by atoms with Crippen molar-refractivity contribution in [3.05, 3.63) is 30.6 Å². The fourth-order valence-corrected chi connectivity index (χ4v) is 4.72. The Labute approximate surface area is 202 Å². The summed E-state index contributed by atoms with van der Waals surface area (Å²) in [6.45, 7) is 3.40. The second kappa shape index (κ2) is 11.7. The van der Waals surface area contributed by atoms with E-state index in [-0.39, 0.29) is 35.9 Å². The maximum Gasteiger partial charge on any atom is 0.225 e. The summed E-state index contributed by atoms with van der Waals surface area (Å²) in [7, 11) is 1.80. The Morgan fingerprint density at radius 3 is 2.81 bits per heavy atom. The number of aliphatic imine (C=N–C) groups is 1. The van der Waals surface area contributed by atoms with Gasteiger partial charge in [-0.05, 0) is 37.8 Å². The number of aromatic nitrogens is 2. The number of carbonyl (C=O) groups is 1. The van der Waals surface area contributed by atoms with Gasteiger partial charge in [0.25, 0.3) is 0 Å². The van der Waals surface area contributed by atoms with Crippen LogP contribution >= 0.6 is 24.0 Å². The molecular weight excluding hydrogens is 503 g/mol. The number of amides is 1. The van der Waals surface area contributed by atoms with Gasteiger partial charge < -0.3 is 20.1 Å². The number of imidazole rings is 1. The number of hydrogen-bond donors (Lipinski definition) is 2. The van der Waals surface area contributed by atoms with Crippen LogP contribution < -0.4 is 10.6 Å². The van der Waals surface area contributed by atoms with E-state index in [1.807, 2.05) is 18.5 Å². The smallest absolute Gasteiger partial charge is 0.225 e. The van der Waals surface area contributed by atoms with Gasteiger partial charge in [-0.25, -0.2) is 4.98 Å². The second-order valence-electron chi connectivity index (χ2n) is 8.53. The first-order valence-electron chi connectivity index (χ1n) is 11.4. The fourth-order valence-electron chi connectivity index (χ4n) is 4.72. The number of nitrogens with one attached hydrogen (secondary N) is 2. The number of likely N-dealkylation sites (tertiary alicyclic amines) is 1. The molecule has 1 aliphatic heterocycles. The molecule has 1 saturated heterocycles. The van der Waals surface area contributed by atoms with Gasteiger partial charge in [-0.3, -0.25) is 9.79 Å². The molecule has 170 valence electrons. The molecule has 4 rings (SSSR count). The number of fused-ring (bicyclic) bond motifs is 1. The van der Waals surface area contributed by atoms with Crippen molar-refractivity contribution in [2.24, 2.45) is 10.9 Å². The molecular formula is C23H35IN6O. The van der Waals surface area contributed by atoms with E-state index in [1.54, 1.807) is 7.05 Å². The molecule has 2 N–H and O–H groups in total. The minimum atomic E-state index is 0. The highest BCUT2D eigenvalue weighted by Crippen LogP contribution is 2.26. The van der Waals surface area contributed by atoms with E-state index >= 15 is 0 Å². The van der Waals surface area contributed by atoms with Gasteiger partial charge in [0, 0.05) is 45.2 Å². The summed E-state index contributed by atoms with van der Waals surface area (Å²) >= 11 is 0. The zero-order valence-electron chi connectivity index (χ0n) is 18.4. The van der Waals surface area contributed by atoms with Crippen LogP contribution in [0.2, 0.25) is 0 Å². The first-order valence-corrected chi connectivity index (χ1v) is 11.4. The number of aryl methyl sites for hydroxylation is 1. The van der Waals surface area contributed by atoms with Gasteiger partial charge in [0.05, 0.1) is 17.4 Å². The highest BCUT2D eigenvalue weighted by molar-refractivity contribution is 14.0. The Hall–Kier alpha value is -1.84. The molecule has 1 aliphatic carbocycles. The molecule has 1 aromatic carbocycles. The Morgan fingerprint density at radius 2 is 2.00 bits per heavy atom. The lowest BCUT2D eigenvalue weighted by Gasteiger charge is -2.26. The van der Waals surface area contributed by atoms with Gasteiger partial charge in [-0.1, -0.05) is 31.4 Å². The molecule has 1 amide bonds. The number of nitrogens with zero attached hydrogens (tertiary/aromatic N) is 4. The topological polar surface area (TPSA) is 74.6 Å². The standard InChI is InChI=1S/C23H34N6O.HI/c1-24-23(25-13-7-14-29-17-26-20-10-5-6-11-21(20)29)27-19-12-15-28(16-19)22(30)18-8-3-2-4-9-18;/h5-6,10-11,17-19H,2-4,7-9,12-16H2,1H3,(H2,24,25,27);1H. The van der Waals surface area contributed by atoms with Gasteiger partial charge in [0.1, 0.15) is 0 Å². The zero-order chi connectivity index (χ0) is 20.8. The van der Waals surface area contributed by atoms with Crippen molar-refractivity contribution < 1.29 is 4.79 Å². The predicted octanol–water partition coefficient (Wildman–Crippen LogP) is 3.39. The third-order valence-electron chi connectivity index (χ3n) is 6.41. The highest BCUT2D eigenvalue weighted by atomic mass is 127. The number of guanidine groups is 1. The van der Waals surface area contributed by atoms with Crippen molar-refractivity contribution in [3.8, 4) is 0 Å². The maximum absolute atomic E-state index is 12.8. The summed E-state index contributed by atoms with van der Waals surface area (Å²) in [5, 5.41) is 6.92. The van der Waals surface area contributed by atoms with E-state index in [2.05, 4.69) is 42.2 Å². The molecule has 2 aromatic rings. The van der Waals surface area contributed by atoms with Crippen molar-refractivity contribution >= 4 is 46.9 Å². The SMILES string of the molecule is CN=C(NCCCn1cnc2ccccc21)NC1CCN(C(=O)C2CCCCC2)C1.I. The van der Waals surface area contributed by atoms with E-state index in [0.29, 0.717) is 5.91 Å². The van der Waals surface area contributed by atoms with E-state index in [1.165, 1.54) is 24.8 Å². The minimum absolute atomic E-state index is 0. The van der Waals surface area contributed by atoms with Crippen molar-refractivity contribution in [2.45, 2.75) is 57.5 Å². The largest absolute Gasteiger partial charge is 0.356 e. The van der Waals surface area contributed by atoms with Crippen LogP contribution in [0.1, 0.15) is 44.9 Å². The van der Waals surface area contributed by atoms with Gasteiger partial charge in [0.2, 0.25) is 5.91 Å². The molecule has 1 aromatic heterocycles. The Morgan fingerprint density at radius 1 is 1.19 bits per heavy atom. The van der Waals surface area contributed by atoms with Gasteiger partial charge in [-0.2, -0.15) is 0 Å². The highest BCUT2D eigenvalue weighted by Gasteiger charge is 2.31. The zero-order valence-corrected chi connectivity index (χ0v) is 20.8. The molecule has 2 heterocycles. The molecule has 8 heteroatoms.